The molecule has 3 N–H and O–H groups in total. The Morgan fingerprint density at radius 3 is 2.56 bits per heavy atom. The van der Waals surface area contributed by atoms with Crippen LogP contribution in [0.3, 0.4) is 0 Å². The topological polar surface area (TPSA) is 55.1 Å². The molecule has 0 fully saturated rings. The summed E-state index contributed by atoms with van der Waals surface area (Å²) in [4.78, 5) is 12.7. The van der Waals surface area contributed by atoms with E-state index in [1.807, 2.05) is 30.5 Å². The maximum Gasteiger partial charge on any atom is 0.224 e. The van der Waals surface area contributed by atoms with E-state index in [-0.39, 0.29) is 5.91 Å². The molecular formula is C12H18N2OS. The van der Waals surface area contributed by atoms with Gasteiger partial charge >= 0.3 is 0 Å². The van der Waals surface area contributed by atoms with E-state index in [0.29, 0.717) is 13.0 Å². The Balaban J connectivity index is 2.37. The molecule has 0 bridgehead atoms. The van der Waals surface area contributed by atoms with Gasteiger partial charge < -0.3 is 11.1 Å². The number of benzene rings is 1. The summed E-state index contributed by atoms with van der Waals surface area (Å²) in [7, 11) is 0. The van der Waals surface area contributed by atoms with Crippen LogP contribution in [0.25, 0.3) is 0 Å². The molecule has 0 aromatic heterocycles. The van der Waals surface area contributed by atoms with Crippen LogP contribution in [-0.4, -0.2) is 18.7 Å². The van der Waals surface area contributed by atoms with Gasteiger partial charge in [0.15, 0.2) is 0 Å². The summed E-state index contributed by atoms with van der Waals surface area (Å²) in [6.07, 6.45) is 4.33. The van der Waals surface area contributed by atoms with E-state index in [0.717, 1.165) is 18.5 Å². The Bertz CT molecular complexity index is 324. The standard InChI is InChI=1S/C12H18N2OS/c1-16-11-7-5-10(6-8-11)14-12(15)4-2-3-9-13/h5-8H,2-4,9,13H2,1H3,(H,14,15). The lowest BCUT2D eigenvalue weighted by Gasteiger charge is -2.05. The molecule has 1 amide bonds. The molecule has 0 saturated heterocycles. The number of rotatable bonds is 6. The Kier molecular flexibility index (Phi) is 5.96. The molecule has 0 radical (unpaired) electrons. The Morgan fingerprint density at radius 2 is 2.00 bits per heavy atom. The monoisotopic (exact) mass is 238 g/mol. The van der Waals surface area contributed by atoms with Crippen LogP contribution in [0.15, 0.2) is 29.2 Å². The fourth-order valence-corrected chi connectivity index (χ4v) is 1.74. The van der Waals surface area contributed by atoms with Crippen molar-refractivity contribution in [2.24, 2.45) is 5.73 Å². The molecule has 0 aliphatic rings. The quantitative estimate of drug-likeness (QED) is 0.591. The molecule has 4 heteroatoms. The summed E-state index contributed by atoms with van der Waals surface area (Å²) in [5, 5.41) is 2.86. The number of carbonyl (C=O) groups is 1. The molecule has 0 unspecified atom stereocenters. The molecule has 0 aliphatic carbocycles. The zero-order valence-corrected chi connectivity index (χ0v) is 10.3. The highest BCUT2D eigenvalue weighted by atomic mass is 32.2. The first-order valence-corrected chi connectivity index (χ1v) is 6.62. The minimum Gasteiger partial charge on any atom is -0.330 e. The normalized spacial score (nSPS) is 10.1. The highest BCUT2D eigenvalue weighted by molar-refractivity contribution is 7.98. The number of thioether (sulfide) groups is 1. The lowest BCUT2D eigenvalue weighted by Crippen LogP contribution is -2.11. The molecular weight excluding hydrogens is 220 g/mol. The number of carbonyl (C=O) groups excluding carboxylic acids is 1. The lowest BCUT2D eigenvalue weighted by atomic mass is 10.2. The van der Waals surface area contributed by atoms with E-state index in [1.165, 1.54) is 4.90 Å². The summed E-state index contributed by atoms with van der Waals surface area (Å²) < 4.78 is 0. The van der Waals surface area contributed by atoms with Gasteiger partial charge in [0.2, 0.25) is 5.91 Å². The van der Waals surface area contributed by atoms with Crippen molar-refractivity contribution in [2.75, 3.05) is 18.1 Å². The molecule has 1 aromatic rings. The first-order chi connectivity index (χ1) is 7.76. The number of nitrogens with one attached hydrogen (secondary N) is 1. The number of nitrogens with two attached hydrogens (primary N) is 1. The fourth-order valence-electron chi connectivity index (χ4n) is 1.33. The molecule has 88 valence electrons. The highest BCUT2D eigenvalue weighted by Crippen LogP contribution is 2.17. The summed E-state index contributed by atoms with van der Waals surface area (Å²) in [5.74, 6) is 0.0605. The van der Waals surface area contributed by atoms with Crippen molar-refractivity contribution in [3.05, 3.63) is 24.3 Å². The average molecular weight is 238 g/mol. The van der Waals surface area contributed by atoms with Crippen molar-refractivity contribution >= 4 is 23.4 Å². The maximum absolute atomic E-state index is 11.5. The molecule has 1 rings (SSSR count). The van der Waals surface area contributed by atoms with Crippen molar-refractivity contribution in [2.45, 2.75) is 24.2 Å². The van der Waals surface area contributed by atoms with Crippen molar-refractivity contribution in [1.29, 1.82) is 0 Å². The van der Waals surface area contributed by atoms with Gasteiger partial charge in [0.1, 0.15) is 0 Å². The van der Waals surface area contributed by atoms with Crippen molar-refractivity contribution < 1.29 is 4.79 Å². The molecule has 16 heavy (non-hydrogen) atoms. The van der Waals surface area contributed by atoms with Gasteiger partial charge in [-0.15, -0.1) is 11.8 Å². The largest absolute Gasteiger partial charge is 0.330 e. The summed E-state index contributed by atoms with van der Waals surface area (Å²) in [5.41, 5.74) is 6.22. The summed E-state index contributed by atoms with van der Waals surface area (Å²) in [6, 6.07) is 7.85. The maximum atomic E-state index is 11.5. The predicted octanol–water partition coefficient (Wildman–Crippen LogP) is 2.48. The van der Waals surface area contributed by atoms with Gasteiger partial charge in [0, 0.05) is 17.0 Å². The number of unbranched alkanes of at least 4 members (excludes halogenated alkanes) is 1. The zero-order valence-electron chi connectivity index (χ0n) is 9.53. The summed E-state index contributed by atoms with van der Waals surface area (Å²) >= 11 is 1.69. The smallest absolute Gasteiger partial charge is 0.224 e. The van der Waals surface area contributed by atoms with Gasteiger partial charge in [-0.05, 0) is 49.9 Å². The van der Waals surface area contributed by atoms with E-state index in [2.05, 4.69) is 5.32 Å². The van der Waals surface area contributed by atoms with Crippen LogP contribution in [-0.2, 0) is 4.79 Å². The fraction of sp³-hybridized carbons (Fsp3) is 0.417. The van der Waals surface area contributed by atoms with Crippen molar-refractivity contribution in [3.63, 3.8) is 0 Å². The minimum atomic E-state index is 0.0605. The van der Waals surface area contributed by atoms with Gasteiger partial charge in [-0.3, -0.25) is 4.79 Å². The van der Waals surface area contributed by atoms with E-state index in [4.69, 9.17) is 5.73 Å². The third-order valence-corrected chi connectivity index (χ3v) is 2.98. The van der Waals surface area contributed by atoms with Gasteiger partial charge in [0.25, 0.3) is 0 Å². The van der Waals surface area contributed by atoms with Crippen LogP contribution in [0.4, 0.5) is 5.69 Å². The third kappa shape index (κ3) is 4.68. The molecule has 3 nitrogen and oxygen atoms in total. The van der Waals surface area contributed by atoms with Crippen LogP contribution in [0, 0.1) is 0 Å². The van der Waals surface area contributed by atoms with Crippen LogP contribution in [0.5, 0.6) is 0 Å². The van der Waals surface area contributed by atoms with Gasteiger partial charge in [-0.2, -0.15) is 0 Å². The van der Waals surface area contributed by atoms with E-state index >= 15 is 0 Å². The molecule has 0 saturated carbocycles. The Morgan fingerprint density at radius 1 is 1.31 bits per heavy atom. The number of anilines is 1. The molecule has 0 aliphatic heterocycles. The second kappa shape index (κ2) is 7.30. The Labute approximate surface area is 101 Å². The number of hydrogen-bond acceptors (Lipinski definition) is 3. The van der Waals surface area contributed by atoms with Crippen LogP contribution in [0.2, 0.25) is 0 Å². The lowest BCUT2D eigenvalue weighted by molar-refractivity contribution is -0.116. The van der Waals surface area contributed by atoms with Crippen LogP contribution >= 0.6 is 11.8 Å². The van der Waals surface area contributed by atoms with Crippen molar-refractivity contribution in [3.8, 4) is 0 Å². The molecule has 0 heterocycles. The predicted molar refractivity (Wildman–Crippen MR) is 69.8 cm³/mol. The second-order valence-electron chi connectivity index (χ2n) is 3.52. The number of amides is 1. The van der Waals surface area contributed by atoms with E-state index < -0.39 is 0 Å². The molecule has 0 atom stereocenters. The van der Waals surface area contributed by atoms with E-state index in [1.54, 1.807) is 11.8 Å². The zero-order chi connectivity index (χ0) is 11.8. The highest BCUT2D eigenvalue weighted by Gasteiger charge is 2.01. The molecule has 1 aromatic carbocycles. The third-order valence-electron chi connectivity index (χ3n) is 2.23. The van der Waals surface area contributed by atoms with Crippen LogP contribution in [0.1, 0.15) is 19.3 Å². The van der Waals surface area contributed by atoms with E-state index in [9.17, 15) is 4.79 Å². The van der Waals surface area contributed by atoms with Crippen LogP contribution < -0.4 is 11.1 Å². The molecule has 0 spiro atoms. The van der Waals surface area contributed by atoms with Gasteiger partial charge in [-0.1, -0.05) is 0 Å². The SMILES string of the molecule is CSc1ccc(NC(=O)CCCCN)cc1. The van der Waals surface area contributed by atoms with Gasteiger partial charge in [0.05, 0.1) is 0 Å². The first kappa shape index (κ1) is 13.1. The summed E-state index contributed by atoms with van der Waals surface area (Å²) in [6.45, 7) is 0.649. The van der Waals surface area contributed by atoms with Crippen molar-refractivity contribution in [1.82, 2.24) is 0 Å². The first-order valence-electron chi connectivity index (χ1n) is 5.40. The van der Waals surface area contributed by atoms with Gasteiger partial charge in [-0.25, -0.2) is 0 Å². The number of hydrogen-bond donors (Lipinski definition) is 2. The average Bonchev–Trinajstić information content (AvgIpc) is 2.30. The minimum absolute atomic E-state index is 0.0605. The second-order valence-corrected chi connectivity index (χ2v) is 4.40. The Hall–Kier alpha value is -1.00.